The monoisotopic (exact) mass is 366 g/mol. The highest BCUT2D eigenvalue weighted by Crippen LogP contribution is 2.25. The van der Waals surface area contributed by atoms with Crippen LogP contribution in [0.4, 0.5) is 10.2 Å². The lowest BCUT2D eigenvalue weighted by atomic mass is 10.2. The topological polar surface area (TPSA) is 119 Å². The van der Waals surface area contributed by atoms with E-state index in [1.165, 1.54) is 17.0 Å². The van der Waals surface area contributed by atoms with Crippen molar-refractivity contribution in [3.63, 3.8) is 0 Å². The first-order valence-corrected chi connectivity index (χ1v) is 7.81. The van der Waals surface area contributed by atoms with E-state index in [2.05, 4.69) is 25.4 Å². The summed E-state index contributed by atoms with van der Waals surface area (Å²) >= 11 is 0. The lowest BCUT2D eigenvalue weighted by molar-refractivity contribution is 0.421. The van der Waals surface area contributed by atoms with Crippen LogP contribution in [0.5, 0.6) is 0 Å². The summed E-state index contributed by atoms with van der Waals surface area (Å²) < 4.78 is 20.4. The summed E-state index contributed by atoms with van der Waals surface area (Å²) in [5, 5.41) is 10.9. The molecule has 3 heterocycles. The van der Waals surface area contributed by atoms with Gasteiger partial charge in [-0.05, 0) is 17.3 Å². The molecule has 10 heteroatoms. The highest BCUT2D eigenvalue weighted by atomic mass is 19.1. The zero-order valence-corrected chi connectivity index (χ0v) is 13.7. The molecule has 134 valence electrons. The molecule has 0 fully saturated rings. The van der Waals surface area contributed by atoms with Crippen molar-refractivity contribution in [1.29, 1.82) is 0 Å². The standard InChI is InChI=1S/C17H11FN6O3/c18-11-4-2-1-3-10(11)9-24-14(12-5-6-27-23-12)7-13(21-24)17-19-15(22-26)8-16(25)20-17/h1-8H,9H2,(H,19,20,25). The lowest BCUT2D eigenvalue weighted by Crippen LogP contribution is -2.08. The predicted octanol–water partition coefficient (Wildman–Crippen LogP) is 2.87. The Labute approximate surface area is 150 Å². The van der Waals surface area contributed by atoms with Gasteiger partial charge in [0.25, 0.3) is 5.56 Å². The maximum Gasteiger partial charge on any atom is 0.253 e. The first kappa shape index (κ1) is 16.5. The van der Waals surface area contributed by atoms with Crippen LogP contribution in [0.3, 0.4) is 0 Å². The van der Waals surface area contributed by atoms with Crippen molar-refractivity contribution in [2.75, 3.05) is 0 Å². The molecule has 0 aliphatic carbocycles. The Morgan fingerprint density at radius 1 is 1.19 bits per heavy atom. The molecule has 4 rings (SSSR count). The van der Waals surface area contributed by atoms with E-state index >= 15 is 0 Å². The molecule has 0 atom stereocenters. The minimum absolute atomic E-state index is 0.0640. The van der Waals surface area contributed by atoms with E-state index in [0.29, 0.717) is 17.0 Å². The van der Waals surface area contributed by atoms with Gasteiger partial charge in [0, 0.05) is 11.6 Å². The van der Waals surface area contributed by atoms with Gasteiger partial charge in [0.1, 0.15) is 23.5 Å². The van der Waals surface area contributed by atoms with Crippen LogP contribution in [-0.2, 0) is 6.54 Å². The highest BCUT2D eigenvalue weighted by molar-refractivity contribution is 5.63. The van der Waals surface area contributed by atoms with Gasteiger partial charge in [-0.2, -0.15) is 5.10 Å². The Morgan fingerprint density at radius 2 is 2.04 bits per heavy atom. The van der Waals surface area contributed by atoms with Crippen LogP contribution in [0.2, 0.25) is 0 Å². The third kappa shape index (κ3) is 3.27. The fourth-order valence-electron chi connectivity index (χ4n) is 2.60. The number of halogens is 1. The Hall–Kier alpha value is -3.95. The summed E-state index contributed by atoms with van der Waals surface area (Å²) in [5.41, 5.74) is 1.14. The average Bonchev–Trinajstić information content (AvgIpc) is 3.32. The molecule has 0 bridgehead atoms. The SMILES string of the molecule is O=Nc1cc(=O)[nH]c(-c2cc(-c3ccon3)n(Cc3ccccc3F)n2)n1. The van der Waals surface area contributed by atoms with Crippen LogP contribution in [0.1, 0.15) is 5.56 Å². The van der Waals surface area contributed by atoms with Crippen LogP contribution in [-0.4, -0.2) is 24.9 Å². The zero-order chi connectivity index (χ0) is 18.8. The number of H-pyrrole nitrogens is 1. The van der Waals surface area contributed by atoms with Gasteiger partial charge >= 0.3 is 0 Å². The van der Waals surface area contributed by atoms with Crippen molar-refractivity contribution >= 4 is 5.82 Å². The van der Waals surface area contributed by atoms with E-state index in [1.807, 2.05) is 0 Å². The Kier molecular flexibility index (Phi) is 4.13. The second-order valence-corrected chi connectivity index (χ2v) is 5.59. The molecule has 1 N–H and O–H groups in total. The Bertz CT molecular complexity index is 1170. The van der Waals surface area contributed by atoms with E-state index in [-0.39, 0.29) is 29.7 Å². The number of aromatic amines is 1. The largest absolute Gasteiger partial charge is 0.364 e. The summed E-state index contributed by atoms with van der Waals surface area (Å²) in [6.07, 6.45) is 1.40. The molecule has 27 heavy (non-hydrogen) atoms. The van der Waals surface area contributed by atoms with Crippen molar-refractivity contribution in [3.05, 3.63) is 75.4 Å². The molecule has 0 saturated heterocycles. The number of hydrogen-bond acceptors (Lipinski definition) is 7. The number of hydrogen-bond donors (Lipinski definition) is 1. The molecule has 0 radical (unpaired) electrons. The number of rotatable bonds is 5. The molecule has 4 aromatic rings. The Morgan fingerprint density at radius 3 is 2.78 bits per heavy atom. The first-order valence-electron chi connectivity index (χ1n) is 7.81. The highest BCUT2D eigenvalue weighted by Gasteiger charge is 2.17. The molecular weight excluding hydrogens is 355 g/mol. The number of nitrogens with zero attached hydrogens (tertiary/aromatic N) is 5. The van der Waals surface area contributed by atoms with E-state index in [4.69, 9.17) is 4.52 Å². The normalized spacial score (nSPS) is 10.9. The van der Waals surface area contributed by atoms with Gasteiger partial charge < -0.3 is 9.51 Å². The number of nitrogens with one attached hydrogen (secondary N) is 1. The van der Waals surface area contributed by atoms with Crippen molar-refractivity contribution in [1.82, 2.24) is 24.9 Å². The van der Waals surface area contributed by atoms with Gasteiger partial charge in [-0.25, -0.2) is 9.37 Å². The van der Waals surface area contributed by atoms with Crippen LogP contribution in [0.25, 0.3) is 22.9 Å². The summed E-state index contributed by atoms with van der Waals surface area (Å²) in [7, 11) is 0. The first-order chi connectivity index (χ1) is 13.1. The van der Waals surface area contributed by atoms with Crippen molar-refractivity contribution < 1.29 is 8.91 Å². The van der Waals surface area contributed by atoms with Gasteiger partial charge in [0.2, 0.25) is 5.82 Å². The molecule has 1 aromatic carbocycles. The van der Waals surface area contributed by atoms with Gasteiger partial charge in [-0.1, -0.05) is 23.4 Å². The lowest BCUT2D eigenvalue weighted by Gasteiger charge is -2.06. The molecule has 0 amide bonds. The minimum atomic E-state index is -0.541. The van der Waals surface area contributed by atoms with E-state index in [9.17, 15) is 14.1 Å². The summed E-state index contributed by atoms with van der Waals surface area (Å²) in [6.45, 7) is 0.116. The van der Waals surface area contributed by atoms with Gasteiger partial charge in [-0.15, -0.1) is 4.91 Å². The van der Waals surface area contributed by atoms with E-state index in [1.54, 1.807) is 30.3 Å². The molecule has 0 spiro atoms. The third-order valence-corrected chi connectivity index (χ3v) is 3.82. The maximum absolute atomic E-state index is 14.0. The van der Waals surface area contributed by atoms with Crippen LogP contribution >= 0.6 is 0 Å². The smallest absolute Gasteiger partial charge is 0.253 e. The number of benzene rings is 1. The van der Waals surface area contributed by atoms with E-state index in [0.717, 1.165) is 6.07 Å². The summed E-state index contributed by atoms with van der Waals surface area (Å²) in [4.78, 5) is 28.9. The summed E-state index contributed by atoms with van der Waals surface area (Å²) in [6, 6.07) is 10.5. The molecule has 0 aliphatic rings. The van der Waals surface area contributed by atoms with Crippen molar-refractivity contribution in [3.8, 4) is 22.9 Å². The van der Waals surface area contributed by atoms with Crippen LogP contribution in [0, 0.1) is 10.7 Å². The second kappa shape index (κ2) is 6.75. The van der Waals surface area contributed by atoms with Crippen molar-refractivity contribution in [2.24, 2.45) is 5.18 Å². The van der Waals surface area contributed by atoms with Gasteiger partial charge in [-0.3, -0.25) is 9.48 Å². The Balaban J connectivity index is 1.83. The third-order valence-electron chi connectivity index (χ3n) is 3.82. The van der Waals surface area contributed by atoms with E-state index < -0.39 is 5.56 Å². The van der Waals surface area contributed by atoms with Crippen molar-refractivity contribution in [2.45, 2.75) is 6.54 Å². The molecular formula is C17H11FN6O3. The molecule has 0 aliphatic heterocycles. The van der Waals surface area contributed by atoms with Crippen LogP contribution < -0.4 is 5.56 Å². The molecule has 0 saturated carbocycles. The second-order valence-electron chi connectivity index (χ2n) is 5.59. The maximum atomic E-state index is 14.0. The summed E-state index contributed by atoms with van der Waals surface area (Å²) in [5.74, 6) is -0.575. The van der Waals surface area contributed by atoms with Gasteiger partial charge in [0.05, 0.1) is 18.3 Å². The number of nitroso groups, excluding NO2 is 1. The molecule has 0 unspecified atom stereocenters. The fourth-order valence-corrected chi connectivity index (χ4v) is 2.60. The predicted molar refractivity (Wildman–Crippen MR) is 92.5 cm³/mol. The average molecular weight is 366 g/mol. The fraction of sp³-hybridized carbons (Fsp3) is 0.0588. The molecule has 3 aromatic heterocycles. The molecule has 9 nitrogen and oxygen atoms in total. The van der Waals surface area contributed by atoms with Crippen LogP contribution in [0.15, 0.2) is 63.2 Å². The number of aromatic nitrogens is 5. The zero-order valence-electron chi connectivity index (χ0n) is 13.7. The quantitative estimate of drug-likeness (QED) is 0.542. The van der Waals surface area contributed by atoms with Gasteiger partial charge in [0.15, 0.2) is 5.82 Å². The minimum Gasteiger partial charge on any atom is -0.364 e.